The number of anilines is 1. The van der Waals surface area contributed by atoms with Gasteiger partial charge >= 0.3 is 6.03 Å². The van der Waals surface area contributed by atoms with E-state index in [4.69, 9.17) is 4.74 Å². The largest absolute Gasteiger partial charge is 0.497 e. The van der Waals surface area contributed by atoms with Crippen LogP contribution in [0.25, 0.3) is 0 Å². The van der Waals surface area contributed by atoms with Crippen molar-refractivity contribution in [1.29, 1.82) is 0 Å². The molecule has 0 radical (unpaired) electrons. The lowest BCUT2D eigenvalue weighted by atomic mass is 10.0. The molecule has 132 valence electrons. The summed E-state index contributed by atoms with van der Waals surface area (Å²) >= 11 is 0. The summed E-state index contributed by atoms with van der Waals surface area (Å²) in [5.41, 5.74) is 2.31. The summed E-state index contributed by atoms with van der Waals surface area (Å²) in [4.78, 5) is 14.5. The minimum atomic E-state index is -0.103. The number of hydrogen-bond acceptors (Lipinski definition) is 3. The van der Waals surface area contributed by atoms with Crippen LogP contribution in [0, 0.1) is 0 Å². The Balaban J connectivity index is 1.40. The van der Waals surface area contributed by atoms with Gasteiger partial charge in [0.1, 0.15) is 5.75 Å². The lowest BCUT2D eigenvalue weighted by molar-refractivity contribution is 0.234. The van der Waals surface area contributed by atoms with Crippen molar-refractivity contribution in [3.8, 4) is 5.75 Å². The van der Waals surface area contributed by atoms with Crippen molar-refractivity contribution in [2.24, 2.45) is 0 Å². The number of nitrogens with zero attached hydrogens (tertiary/aromatic N) is 1. The van der Waals surface area contributed by atoms with Gasteiger partial charge in [0.15, 0.2) is 0 Å². The molecule has 25 heavy (non-hydrogen) atoms. The highest BCUT2D eigenvalue weighted by Crippen LogP contribution is 2.19. The summed E-state index contributed by atoms with van der Waals surface area (Å²) in [5, 5.41) is 6.00. The number of methoxy groups -OCH3 is 1. The topological polar surface area (TPSA) is 53.6 Å². The minimum absolute atomic E-state index is 0.103. The van der Waals surface area contributed by atoms with Crippen LogP contribution in [0.3, 0.4) is 0 Å². The smallest absolute Gasteiger partial charge is 0.315 e. The van der Waals surface area contributed by atoms with Gasteiger partial charge in [-0.1, -0.05) is 30.3 Å². The molecular weight excluding hydrogens is 314 g/mol. The number of ether oxygens (including phenoxy) is 1. The van der Waals surface area contributed by atoms with Gasteiger partial charge in [-0.15, -0.1) is 0 Å². The van der Waals surface area contributed by atoms with E-state index < -0.39 is 0 Å². The first-order valence-corrected chi connectivity index (χ1v) is 8.72. The molecule has 0 aromatic heterocycles. The summed E-state index contributed by atoms with van der Waals surface area (Å²) < 4.78 is 5.13. The number of para-hydroxylation sites is 1. The fourth-order valence-electron chi connectivity index (χ4n) is 3.08. The lowest BCUT2D eigenvalue weighted by Crippen LogP contribution is -2.47. The average molecular weight is 339 g/mol. The van der Waals surface area contributed by atoms with Crippen molar-refractivity contribution < 1.29 is 9.53 Å². The van der Waals surface area contributed by atoms with Crippen molar-refractivity contribution in [3.63, 3.8) is 0 Å². The van der Waals surface area contributed by atoms with Crippen molar-refractivity contribution in [2.75, 3.05) is 25.1 Å². The highest BCUT2D eigenvalue weighted by Gasteiger charge is 2.20. The Morgan fingerprint density at radius 2 is 1.76 bits per heavy atom. The molecule has 0 bridgehead atoms. The van der Waals surface area contributed by atoms with E-state index in [1.165, 1.54) is 5.69 Å². The zero-order valence-electron chi connectivity index (χ0n) is 14.6. The minimum Gasteiger partial charge on any atom is -0.497 e. The molecule has 1 saturated heterocycles. The first-order valence-electron chi connectivity index (χ1n) is 8.72. The predicted molar refractivity (Wildman–Crippen MR) is 100 cm³/mol. The number of benzene rings is 2. The van der Waals surface area contributed by atoms with Crippen LogP contribution in [0.5, 0.6) is 5.75 Å². The molecule has 5 nitrogen and oxygen atoms in total. The summed E-state index contributed by atoms with van der Waals surface area (Å²) in [5.74, 6) is 0.818. The Labute approximate surface area is 149 Å². The molecule has 2 aromatic rings. The standard InChI is InChI=1S/C20H25N3O2/c1-25-19-9-7-16(8-10-19)15-21-20(24)22-17-11-13-23(14-12-17)18-5-3-2-4-6-18/h2-10,17H,11-15H2,1H3,(H2,21,22,24). The molecule has 2 N–H and O–H groups in total. The van der Waals surface area contributed by atoms with E-state index in [2.05, 4.69) is 39.8 Å². The van der Waals surface area contributed by atoms with Crippen LogP contribution < -0.4 is 20.3 Å². The van der Waals surface area contributed by atoms with E-state index in [9.17, 15) is 4.79 Å². The zero-order chi connectivity index (χ0) is 17.5. The van der Waals surface area contributed by atoms with Crippen LogP contribution in [-0.2, 0) is 6.54 Å². The van der Waals surface area contributed by atoms with Gasteiger partial charge in [0.05, 0.1) is 7.11 Å². The highest BCUT2D eigenvalue weighted by molar-refractivity contribution is 5.74. The molecule has 0 unspecified atom stereocenters. The second kappa shape index (κ2) is 8.42. The van der Waals surface area contributed by atoms with Gasteiger partial charge in [-0.25, -0.2) is 4.79 Å². The van der Waals surface area contributed by atoms with E-state index >= 15 is 0 Å². The second-order valence-corrected chi connectivity index (χ2v) is 6.27. The molecule has 1 fully saturated rings. The van der Waals surface area contributed by atoms with Gasteiger partial charge in [-0.05, 0) is 42.7 Å². The summed E-state index contributed by atoms with van der Waals surface area (Å²) in [7, 11) is 1.64. The first kappa shape index (κ1) is 17.1. The van der Waals surface area contributed by atoms with Crippen LogP contribution in [0.1, 0.15) is 18.4 Å². The summed E-state index contributed by atoms with van der Waals surface area (Å²) in [6.45, 7) is 2.44. The average Bonchev–Trinajstić information content (AvgIpc) is 2.68. The van der Waals surface area contributed by atoms with E-state index in [-0.39, 0.29) is 12.1 Å². The molecule has 0 aliphatic carbocycles. The molecule has 0 spiro atoms. The van der Waals surface area contributed by atoms with Gasteiger partial charge in [0, 0.05) is 31.4 Å². The van der Waals surface area contributed by atoms with E-state index in [1.54, 1.807) is 7.11 Å². The molecule has 1 heterocycles. The number of rotatable bonds is 5. The SMILES string of the molecule is COc1ccc(CNC(=O)NC2CCN(c3ccccc3)CC2)cc1. The van der Waals surface area contributed by atoms with E-state index in [0.29, 0.717) is 6.54 Å². The molecule has 5 heteroatoms. The third kappa shape index (κ3) is 4.89. The number of amides is 2. The van der Waals surface area contributed by atoms with Gasteiger partial charge in [-0.3, -0.25) is 0 Å². The third-order valence-corrected chi connectivity index (χ3v) is 4.56. The van der Waals surface area contributed by atoms with Crippen LogP contribution >= 0.6 is 0 Å². The van der Waals surface area contributed by atoms with Gasteiger partial charge in [0.25, 0.3) is 0 Å². The van der Waals surface area contributed by atoms with Crippen molar-refractivity contribution >= 4 is 11.7 Å². The lowest BCUT2D eigenvalue weighted by Gasteiger charge is -2.34. The Bertz CT molecular complexity index is 665. The molecule has 2 aromatic carbocycles. The number of hydrogen-bond donors (Lipinski definition) is 2. The maximum atomic E-state index is 12.1. The van der Waals surface area contributed by atoms with Crippen molar-refractivity contribution in [1.82, 2.24) is 10.6 Å². The van der Waals surface area contributed by atoms with Crippen LogP contribution in [0.2, 0.25) is 0 Å². The van der Waals surface area contributed by atoms with Crippen molar-refractivity contribution in [3.05, 3.63) is 60.2 Å². The maximum Gasteiger partial charge on any atom is 0.315 e. The number of nitrogens with one attached hydrogen (secondary N) is 2. The fraction of sp³-hybridized carbons (Fsp3) is 0.350. The molecule has 0 atom stereocenters. The van der Waals surface area contributed by atoms with Crippen molar-refractivity contribution in [2.45, 2.75) is 25.4 Å². The van der Waals surface area contributed by atoms with Crippen LogP contribution in [0.4, 0.5) is 10.5 Å². The first-order chi connectivity index (χ1) is 12.2. The maximum absolute atomic E-state index is 12.1. The monoisotopic (exact) mass is 339 g/mol. The van der Waals surface area contributed by atoms with Gasteiger partial charge in [0.2, 0.25) is 0 Å². The predicted octanol–water partition coefficient (Wildman–Crippen LogP) is 3.16. The number of carbonyl (C=O) groups excluding carboxylic acids is 1. The Morgan fingerprint density at radius 3 is 2.40 bits per heavy atom. The fourth-order valence-corrected chi connectivity index (χ4v) is 3.08. The molecule has 3 rings (SSSR count). The second-order valence-electron chi connectivity index (χ2n) is 6.27. The molecule has 1 aliphatic rings. The zero-order valence-corrected chi connectivity index (χ0v) is 14.6. The Hall–Kier alpha value is -2.69. The highest BCUT2D eigenvalue weighted by atomic mass is 16.5. The van der Waals surface area contributed by atoms with E-state index in [0.717, 1.165) is 37.2 Å². The van der Waals surface area contributed by atoms with Crippen LogP contribution in [-0.4, -0.2) is 32.3 Å². The number of urea groups is 1. The molecule has 2 amide bonds. The Kier molecular flexibility index (Phi) is 5.77. The third-order valence-electron chi connectivity index (χ3n) is 4.56. The van der Waals surface area contributed by atoms with Gasteiger partial charge < -0.3 is 20.3 Å². The number of piperidine rings is 1. The molecule has 0 saturated carbocycles. The summed E-state index contributed by atoms with van der Waals surface area (Å²) in [6.07, 6.45) is 1.93. The van der Waals surface area contributed by atoms with Gasteiger partial charge in [-0.2, -0.15) is 0 Å². The van der Waals surface area contributed by atoms with Crippen LogP contribution in [0.15, 0.2) is 54.6 Å². The normalized spacial score (nSPS) is 14.8. The Morgan fingerprint density at radius 1 is 1.08 bits per heavy atom. The quantitative estimate of drug-likeness (QED) is 0.880. The van der Waals surface area contributed by atoms with E-state index in [1.807, 2.05) is 30.3 Å². The number of carbonyl (C=O) groups is 1. The summed E-state index contributed by atoms with van der Waals surface area (Å²) in [6, 6.07) is 18.3. The molecule has 1 aliphatic heterocycles. The molecular formula is C20H25N3O2.